The third kappa shape index (κ3) is 66.7. The predicted octanol–water partition coefficient (Wildman–Crippen LogP) is 20.9. The molecule has 0 fully saturated rings. The van der Waals surface area contributed by atoms with Crippen molar-refractivity contribution in [1.29, 1.82) is 0 Å². The van der Waals surface area contributed by atoms with Crippen molar-refractivity contribution < 1.29 is 80.2 Å². The average molecular weight is 1350 g/mol. The Kier molecular flexibility index (Phi) is 61.3. The van der Waals surface area contributed by atoms with Gasteiger partial charge >= 0.3 is 39.5 Å². The van der Waals surface area contributed by atoms with E-state index in [9.17, 15) is 43.2 Å². The third-order valence-electron chi connectivity index (χ3n) is 16.8. The second-order valence-corrected chi connectivity index (χ2v) is 31.1. The number of aliphatic hydroxyl groups is 1. The van der Waals surface area contributed by atoms with Gasteiger partial charge in [0, 0.05) is 25.7 Å². The maximum Gasteiger partial charge on any atom is 0.472 e. The van der Waals surface area contributed by atoms with Crippen LogP contribution in [0.2, 0.25) is 0 Å². The van der Waals surface area contributed by atoms with Crippen molar-refractivity contribution in [1.82, 2.24) is 0 Å². The lowest BCUT2D eigenvalue weighted by atomic mass is 10.0. The lowest BCUT2D eigenvalue weighted by Gasteiger charge is -2.21. The highest BCUT2D eigenvalue weighted by molar-refractivity contribution is 7.47. The van der Waals surface area contributed by atoms with Gasteiger partial charge in [0.2, 0.25) is 0 Å². The number of hydrogen-bond acceptors (Lipinski definition) is 15. The Morgan fingerprint density at radius 3 is 0.674 bits per heavy atom. The highest BCUT2D eigenvalue weighted by Gasteiger charge is 2.30. The molecular weight excluding hydrogens is 1210 g/mol. The van der Waals surface area contributed by atoms with E-state index in [2.05, 4.69) is 55.4 Å². The van der Waals surface area contributed by atoms with E-state index in [1.165, 1.54) is 161 Å². The molecular formula is C73H142O17P2. The van der Waals surface area contributed by atoms with Crippen molar-refractivity contribution in [3.63, 3.8) is 0 Å². The minimum absolute atomic E-state index is 0.105. The molecule has 92 heavy (non-hydrogen) atoms. The van der Waals surface area contributed by atoms with E-state index in [1.807, 2.05) is 0 Å². The Labute approximate surface area is 562 Å². The summed E-state index contributed by atoms with van der Waals surface area (Å²) in [5.41, 5.74) is 0. The van der Waals surface area contributed by atoms with Crippen LogP contribution in [0.3, 0.4) is 0 Å². The van der Waals surface area contributed by atoms with Gasteiger partial charge in [0.15, 0.2) is 12.2 Å². The largest absolute Gasteiger partial charge is 0.472 e. The van der Waals surface area contributed by atoms with E-state index in [-0.39, 0.29) is 25.7 Å². The number of phosphoric ester groups is 2. The molecule has 17 nitrogen and oxygen atoms in total. The van der Waals surface area contributed by atoms with Gasteiger partial charge in [0.1, 0.15) is 19.3 Å². The molecule has 0 aliphatic rings. The number of carbonyl (C=O) groups is 4. The first kappa shape index (κ1) is 90.1. The number of rotatable bonds is 70. The van der Waals surface area contributed by atoms with Crippen LogP contribution in [-0.2, 0) is 65.4 Å². The maximum absolute atomic E-state index is 13.0. The average Bonchev–Trinajstić information content (AvgIpc) is 3.71. The van der Waals surface area contributed by atoms with Crippen molar-refractivity contribution >= 4 is 39.5 Å². The lowest BCUT2D eigenvalue weighted by Crippen LogP contribution is -2.30. The van der Waals surface area contributed by atoms with Crippen LogP contribution < -0.4 is 0 Å². The molecule has 0 bridgehead atoms. The zero-order valence-electron chi connectivity index (χ0n) is 60.2. The number of esters is 4. The molecule has 3 N–H and O–H groups in total. The summed E-state index contributed by atoms with van der Waals surface area (Å²) in [6, 6.07) is 0. The first-order valence-electron chi connectivity index (χ1n) is 37.7. The number of phosphoric acid groups is 2. The van der Waals surface area contributed by atoms with Gasteiger partial charge in [-0.3, -0.25) is 37.3 Å². The number of ether oxygens (including phenoxy) is 4. The Hall–Kier alpha value is -1.94. The molecule has 546 valence electrons. The molecule has 19 heteroatoms. The van der Waals surface area contributed by atoms with Gasteiger partial charge in [-0.25, -0.2) is 9.13 Å². The molecule has 0 aromatic carbocycles. The van der Waals surface area contributed by atoms with Crippen LogP contribution in [0.5, 0.6) is 0 Å². The van der Waals surface area contributed by atoms with Crippen LogP contribution in [0.4, 0.5) is 0 Å². The zero-order chi connectivity index (χ0) is 68.2. The highest BCUT2D eigenvalue weighted by Crippen LogP contribution is 2.45. The van der Waals surface area contributed by atoms with Crippen LogP contribution >= 0.6 is 15.6 Å². The molecule has 0 aromatic heterocycles. The number of aliphatic hydroxyl groups excluding tert-OH is 1. The number of hydrogen-bond donors (Lipinski definition) is 3. The maximum atomic E-state index is 13.0. The van der Waals surface area contributed by atoms with Gasteiger partial charge in [0.05, 0.1) is 26.4 Å². The molecule has 5 atom stereocenters. The van der Waals surface area contributed by atoms with Gasteiger partial charge in [-0.1, -0.05) is 312 Å². The van der Waals surface area contributed by atoms with Crippen molar-refractivity contribution in [3.8, 4) is 0 Å². The fraction of sp³-hybridized carbons (Fsp3) is 0.945. The fourth-order valence-electron chi connectivity index (χ4n) is 11.0. The minimum atomic E-state index is -4.95. The molecule has 0 rings (SSSR count). The van der Waals surface area contributed by atoms with E-state index in [4.69, 9.17) is 37.0 Å². The summed E-state index contributed by atoms with van der Waals surface area (Å²) in [7, 11) is -9.91. The van der Waals surface area contributed by atoms with Crippen molar-refractivity contribution in [2.24, 2.45) is 23.7 Å². The van der Waals surface area contributed by atoms with E-state index in [0.717, 1.165) is 114 Å². The summed E-state index contributed by atoms with van der Waals surface area (Å²) in [5, 5.41) is 10.6. The number of unbranched alkanes of at least 4 members (excludes halogenated alkanes) is 36. The highest BCUT2D eigenvalue weighted by atomic mass is 31.2. The molecule has 0 saturated heterocycles. The molecule has 0 aromatic rings. The summed E-state index contributed by atoms with van der Waals surface area (Å²) in [6.45, 7) is 14.1. The first-order chi connectivity index (χ1) is 44.1. The standard InChI is InChI=1S/C73H142O17P2/c1-63(2)49-41-33-25-18-14-11-9-10-12-16-20-30-39-47-55-72(77)89-68(59-83-70(75)53-45-37-29-23-22-27-35-43-51-65(5)6)61-87-91(79,80)85-57-67(74)58-86-92(81,82)88-62-69(60-84-71(76)54-46-38-32-24-28-36-44-52-66(7)8)90-73(78)56-48-40-31-21-17-13-15-19-26-34-42-50-64(3)4/h63-69,74H,9-62H2,1-8H3,(H,79,80)(H,81,82)/t67?,68-,69-/m1/s1. The molecule has 0 saturated carbocycles. The van der Waals surface area contributed by atoms with Gasteiger partial charge < -0.3 is 33.8 Å². The number of carbonyl (C=O) groups excluding carboxylic acids is 4. The molecule has 0 aliphatic carbocycles. The van der Waals surface area contributed by atoms with Gasteiger partial charge in [0.25, 0.3) is 0 Å². The summed E-state index contributed by atoms with van der Waals surface area (Å²) in [6.07, 6.45) is 45.9. The van der Waals surface area contributed by atoms with Crippen LogP contribution in [-0.4, -0.2) is 96.7 Å². The Bertz CT molecular complexity index is 1820. The smallest absolute Gasteiger partial charge is 0.462 e. The quantitative estimate of drug-likeness (QED) is 0.0222. The van der Waals surface area contributed by atoms with E-state index in [1.54, 1.807) is 0 Å². The predicted molar refractivity (Wildman–Crippen MR) is 372 cm³/mol. The van der Waals surface area contributed by atoms with Crippen molar-refractivity contribution in [2.45, 2.75) is 382 Å². The van der Waals surface area contributed by atoms with Crippen LogP contribution in [0.1, 0.15) is 364 Å². The van der Waals surface area contributed by atoms with Gasteiger partial charge in [-0.15, -0.1) is 0 Å². The Morgan fingerprint density at radius 1 is 0.272 bits per heavy atom. The third-order valence-corrected chi connectivity index (χ3v) is 18.7. The van der Waals surface area contributed by atoms with Crippen LogP contribution in [0.25, 0.3) is 0 Å². The minimum Gasteiger partial charge on any atom is -0.462 e. The van der Waals surface area contributed by atoms with Crippen molar-refractivity contribution in [3.05, 3.63) is 0 Å². The second kappa shape index (κ2) is 62.6. The molecule has 0 heterocycles. The fourth-order valence-corrected chi connectivity index (χ4v) is 12.6. The Morgan fingerprint density at radius 2 is 0.457 bits per heavy atom. The SMILES string of the molecule is CC(C)CCCCCCCCCCCCCCCCC(=O)O[C@H](COC(=O)CCCCCCCCCCC(C)C)COP(=O)(O)OCC(O)COP(=O)(O)OC[C@@H](COC(=O)CCCCCCCCCC(C)C)OC(=O)CCCCCCCCCCCCCC(C)C. The summed E-state index contributed by atoms with van der Waals surface area (Å²) >= 11 is 0. The summed E-state index contributed by atoms with van der Waals surface area (Å²) in [4.78, 5) is 72.7. The molecule has 0 amide bonds. The monoisotopic (exact) mass is 1350 g/mol. The van der Waals surface area contributed by atoms with Crippen LogP contribution in [0, 0.1) is 23.7 Å². The molecule has 0 aliphatic heterocycles. The molecule has 0 spiro atoms. The molecule has 3 unspecified atom stereocenters. The van der Waals surface area contributed by atoms with Gasteiger partial charge in [-0.2, -0.15) is 0 Å². The topological polar surface area (TPSA) is 237 Å². The van der Waals surface area contributed by atoms with E-state index < -0.39 is 97.5 Å². The van der Waals surface area contributed by atoms with E-state index >= 15 is 0 Å². The summed E-state index contributed by atoms with van der Waals surface area (Å²) < 4.78 is 68.4. The zero-order valence-corrected chi connectivity index (χ0v) is 62.0. The first-order valence-corrected chi connectivity index (χ1v) is 40.7. The Balaban J connectivity index is 5.24. The molecule has 0 radical (unpaired) electrons. The van der Waals surface area contributed by atoms with Crippen LogP contribution in [0.15, 0.2) is 0 Å². The lowest BCUT2D eigenvalue weighted by molar-refractivity contribution is -0.161. The normalized spacial score (nSPS) is 14.2. The van der Waals surface area contributed by atoms with Crippen molar-refractivity contribution in [2.75, 3.05) is 39.6 Å². The second-order valence-electron chi connectivity index (χ2n) is 28.2. The van der Waals surface area contributed by atoms with Gasteiger partial charge in [-0.05, 0) is 49.4 Å². The van der Waals surface area contributed by atoms with E-state index in [0.29, 0.717) is 31.6 Å². The summed E-state index contributed by atoms with van der Waals surface area (Å²) in [5.74, 6) is 0.866.